The lowest BCUT2D eigenvalue weighted by molar-refractivity contribution is -0.0633. The first-order chi connectivity index (χ1) is 8.84. The third-order valence-electron chi connectivity index (χ3n) is 4.42. The third kappa shape index (κ3) is 2.45. The molecule has 2 heteroatoms. The predicted molar refractivity (Wildman–Crippen MR) is 71.6 cm³/mol. The minimum atomic E-state index is -0.458. The molecule has 2 atom stereocenters. The van der Waals surface area contributed by atoms with E-state index >= 15 is 0 Å². The Morgan fingerprint density at radius 1 is 1.00 bits per heavy atom. The Labute approximate surface area is 109 Å². The molecule has 3 rings (SSSR count). The summed E-state index contributed by atoms with van der Waals surface area (Å²) in [6.07, 6.45) is 6.83. The van der Waals surface area contributed by atoms with Crippen molar-refractivity contribution in [3.63, 3.8) is 0 Å². The van der Waals surface area contributed by atoms with Crippen molar-refractivity contribution in [1.29, 1.82) is 0 Å². The fourth-order valence-electron chi connectivity index (χ4n) is 2.94. The lowest BCUT2D eigenvalue weighted by atomic mass is 9.80. The van der Waals surface area contributed by atoms with Crippen LogP contribution in [0.25, 0.3) is 0 Å². The van der Waals surface area contributed by atoms with Crippen LogP contribution >= 0.6 is 0 Å². The maximum absolute atomic E-state index is 10.3. The number of hydrogen-bond acceptors (Lipinski definition) is 2. The highest BCUT2D eigenvalue weighted by molar-refractivity contribution is 5.28. The number of aliphatic hydroxyl groups is 1. The van der Waals surface area contributed by atoms with Crippen molar-refractivity contribution in [2.75, 3.05) is 6.61 Å². The molecule has 2 aliphatic rings. The molecular formula is C16H22O2. The molecule has 0 bridgehead atoms. The normalized spacial score (nSPS) is 26.6. The molecule has 2 unspecified atom stereocenters. The predicted octanol–water partition coefficient (Wildman–Crippen LogP) is 3.56. The Morgan fingerprint density at radius 2 is 1.78 bits per heavy atom. The van der Waals surface area contributed by atoms with Gasteiger partial charge in [0.25, 0.3) is 0 Å². The van der Waals surface area contributed by atoms with Crippen molar-refractivity contribution >= 4 is 0 Å². The summed E-state index contributed by atoms with van der Waals surface area (Å²) >= 11 is 0. The lowest BCUT2D eigenvalue weighted by Crippen LogP contribution is -2.26. The fraction of sp³-hybridized carbons (Fsp3) is 0.625. The molecule has 1 aliphatic carbocycles. The SMILES string of the molecule is OC(c1ccc(C2CCC2)cc1)C1CCCCO1. The molecule has 1 heterocycles. The van der Waals surface area contributed by atoms with Crippen LogP contribution < -0.4 is 0 Å². The molecule has 18 heavy (non-hydrogen) atoms. The molecule has 1 saturated carbocycles. The van der Waals surface area contributed by atoms with E-state index in [1.165, 1.54) is 31.2 Å². The van der Waals surface area contributed by atoms with E-state index in [0.717, 1.165) is 30.9 Å². The van der Waals surface area contributed by atoms with E-state index in [0.29, 0.717) is 0 Å². The van der Waals surface area contributed by atoms with Gasteiger partial charge in [-0.1, -0.05) is 30.7 Å². The van der Waals surface area contributed by atoms with Crippen LogP contribution in [0.3, 0.4) is 0 Å². The molecule has 0 spiro atoms. The maximum Gasteiger partial charge on any atom is 0.105 e. The Bertz CT molecular complexity index is 375. The molecule has 1 saturated heterocycles. The molecule has 1 N–H and O–H groups in total. The highest BCUT2D eigenvalue weighted by atomic mass is 16.5. The van der Waals surface area contributed by atoms with Crippen LogP contribution in [0, 0.1) is 0 Å². The van der Waals surface area contributed by atoms with Crippen molar-refractivity contribution < 1.29 is 9.84 Å². The molecule has 2 nitrogen and oxygen atoms in total. The van der Waals surface area contributed by atoms with Crippen LogP contribution in [0.4, 0.5) is 0 Å². The van der Waals surface area contributed by atoms with Crippen LogP contribution in [0.2, 0.25) is 0 Å². The van der Waals surface area contributed by atoms with Crippen LogP contribution in [0.5, 0.6) is 0 Å². The lowest BCUT2D eigenvalue weighted by Gasteiger charge is -2.28. The van der Waals surface area contributed by atoms with E-state index in [1.54, 1.807) is 0 Å². The molecule has 0 aromatic heterocycles. The van der Waals surface area contributed by atoms with Gasteiger partial charge in [-0.15, -0.1) is 0 Å². The summed E-state index contributed by atoms with van der Waals surface area (Å²) < 4.78 is 5.65. The Morgan fingerprint density at radius 3 is 2.33 bits per heavy atom. The number of aliphatic hydroxyl groups excluding tert-OH is 1. The van der Waals surface area contributed by atoms with Crippen LogP contribution in [-0.4, -0.2) is 17.8 Å². The van der Waals surface area contributed by atoms with Crippen molar-refractivity contribution in [3.8, 4) is 0 Å². The summed E-state index contributed by atoms with van der Waals surface area (Å²) in [6, 6.07) is 8.53. The number of rotatable bonds is 3. The standard InChI is InChI=1S/C16H22O2/c17-16(15-6-1-2-11-18-15)14-9-7-13(8-10-14)12-4-3-5-12/h7-10,12,15-17H,1-6,11H2. The first-order valence-corrected chi connectivity index (χ1v) is 7.24. The maximum atomic E-state index is 10.3. The molecular weight excluding hydrogens is 224 g/mol. The van der Waals surface area contributed by atoms with Gasteiger partial charge in [0.05, 0.1) is 6.10 Å². The molecule has 1 aliphatic heterocycles. The van der Waals surface area contributed by atoms with Gasteiger partial charge in [0.15, 0.2) is 0 Å². The van der Waals surface area contributed by atoms with Gasteiger partial charge >= 0.3 is 0 Å². The van der Waals surface area contributed by atoms with Crippen molar-refractivity contribution in [3.05, 3.63) is 35.4 Å². The minimum Gasteiger partial charge on any atom is -0.386 e. The van der Waals surface area contributed by atoms with E-state index in [4.69, 9.17) is 4.74 Å². The average molecular weight is 246 g/mol. The van der Waals surface area contributed by atoms with E-state index in [1.807, 2.05) is 0 Å². The summed E-state index contributed by atoms with van der Waals surface area (Å²) in [5.74, 6) is 0.766. The largest absolute Gasteiger partial charge is 0.386 e. The van der Waals surface area contributed by atoms with Gasteiger partial charge in [-0.05, 0) is 49.1 Å². The zero-order valence-corrected chi connectivity index (χ0v) is 10.8. The van der Waals surface area contributed by atoms with Gasteiger partial charge < -0.3 is 9.84 Å². The summed E-state index contributed by atoms with van der Waals surface area (Å²) in [5, 5.41) is 10.3. The summed E-state index contributed by atoms with van der Waals surface area (Å²) in [4.78, 5) is 0. The van der Waals surface area contributed by atoms with Gasteiger partial charge in [0, 0.05) is 6.61 Å². The number of benzene rings is 1. The molecule has 0 amide bonds. The van der Waals surface area contributed by atoms with E-state index in [-0.39, 0.29) is 6.10 Å². The number of hydrogen-bond donors (Lipinski definition) is 1. The third-order valence-corrected chi connectivity index (χ3v) is 4.42. The van der Waals surface area contributed by atoms with E-state index < -0.39 is 6.10 Å². The van der Waals surface area contributed by atoms with Gasteiger partial charge in [0.1, 0.15) is 6.10 Å². The second-order valence-electron chi connectivity index (χ2n) is 5.64. The van der Waals surface area contributed by atoms with Crippen molar-refractivity contribution in [2.24, 2.45) is 0 Å². The van der Waals surface area contributed by atoms with Gasteiger partial charge in [-0.2, -0.15) is 0 Å². The molecule has 1 aromatic rings. The minimum absolute atomic E-state index is 0.00620. The zero-order chi connectivity index (χ0) is 12.4. The Balaban J connectivity index is 1.67. The van der Waals surface area contributed by atoms with Gasteiger partial charge in [-0.25, -0.2) is 0 Å². The molecule has 0 radical (unpaired) electrons. The Hall–Kier alpha value is -0.860. The van der Waals surface area contributed by atoms with Crippen LogP contribution in [-0.2, 0) is 4.74 Å². The van der Waals surface area contributed by atoms with Gasteiger partial charge in [0.2, 0.25) is 0 Å². The average Bonchev–Trinajstić information content (AvgIpc) is 2.38. The van der Waals surface area contributed by atoms with Crippen LogP contribution in [0.15, 0.2) is 24.3 Å². The quantitative estimate of drug-likeness (QED) is 0.883. The highest BCUT2D eigenvalue weighted by Crippen LogP contribution is 2.37. The topological polar surface area (TPSA) is 29.5 Å². The second-order valence-corrected chi connectivity index (χ2v) is 5.64. The first kappa shape index (κ1) is 12.2. The molecule has 98 valence electrons. The summed E-state index contributed by atoms with van der Waals surface area (Å²) in [5.41, 5.74) is 2.44. The highest BCUT2D eigenvalue weighted by Gasteiger charge is 2.24. The van der Waals surface area contributed by atoms with Gasteiger partial charge in [-0.3, -0.25) is 0 Å². The monoisotopic (exact) mass is 246 g/mol. The number of ether oxygens (including phenoxy) is 1. The zero-order valence-electron chi connectivity index (χ0n) is 10.8. The second kappa shape index (κ2) is 5.41. The fourth-order valence-corrected chi connectivity index (χ4v) is 2.94. The van der Waals surface area contributed by atoms with Crippen molar-refractivity contribution in [1.82, 2.24) is 0 Å². The summed E-state index contributed by atoms with van der Waals surface area (Å²) in [7, 11) is 0. The smallest absolute Gasteiger partial charge is 0.105 e. The Kier molecular flexibility index (Phi) is 3.67. The summed E-state index contributed by atoms with van der Waals surface area (Å²) in [6.45, 7) is 0.794. The van der Waals surface area contributed by atoms with Crippen LogP contribution in [0.1, 0.15) is 61.7 Å². The van der Waals surface area contributed by atoms with E-state index in [9.17, 15) is 5.11 Å². The molecule has 2 fully saturated rings. The first-order valence-electron chi connectivity index (χ1n) is 7.24. The van der Waals surface area contributed by atoms with Crippen molar-refractivity contribution in [2.45, 2.75) is 56.7 Å². The van der Waals surface area contributed by atoms with E-state index in [2.05, 4.69) is 24.3 Å². The molecule has 1 aromatic carbocycles.